The third-order valence-corrected chi connectivity index (χ3v) is 5.70. The summed E-state index contributed by atoms with van der Waals surface area (Å²) in [7, 11) is 0. The molecule has 0 aliphatic carbocycles. The van der Waals surface area contributed by atoms with Crippen molar-refractivity contribution in [3.63, 3.8) is 0 Å². The second kappa shape index (κ2) is 12.0. The number of rotatable bonds is 10. The molecule has 3 N–H and O–H groups in total. The van der Waals surface area contributed by atoms with Gasteiger partial charge in [-0.15, -0.1) is 0 Å². The topological polar surface area (TPSA) is 83.2 Å². The molecule has 4 rings (SSSR count). The lowest BCUT2D eigenvalue weighted by molar-refractivity contribution is -0.286. The molecule has 33 heavy (non-hydrogen) atoms. The van der Waals surface area contributed by atoms with Gasteiger partial charge in [0.15, 0.2) is 6.29 Å². The molecule has 1 aliphatic heterocycles. The predicted octanol–water partition coefficient (Wildman–Crippen LogP) is 3.42. The zero-order chi connectivity index (χ0) is 22.9. The van der Waals surface area contributed by atoms with E-state index < -0.39 is 30.6 Å². The first-order valence-corrected chi connectivity index (χ1v) is 11.2. The van der Waals surface area contributed by atoms with Gasteiger partial charge >= 0.3 is 0 Å². The number of hydrogen-bond donors (Lipinski definition) is 2. The third kappa shape index (κ3) is 6.48. The quantitative estimate of drug-likeness (QED) is 0.494. The minimum absolute atomic E-state index is 0.234. The van der Waals surface area contributed by atoms with Crippen molar-refractivity contribution in [3.05, 3.63) is 108 Å². The fourth-order valence-corrected chi connectivity index (χ4v) is 3.92. The van der Waals surface area contributed by atoms with Crippen LogP contribution in [0.25, 0.3) is 0 Å². The van der Waals surface area contributed by atoms with Crippen molar-refractivity contribution in [1.29, 1.82) is 0 Å². The number of ether oxygens (including phenoxy) is 4. The summed E-state index contributed by atoms with van der Waals surface area (Å²) in [5.41, 5.74) is 9.65. The first kappa shape index (κ1) is 23.6. The molecule has 6 nitrogen and oxygen atoms in total. The molecule has 0 bridgehead atoms. The Labute approximate surface area is 194 Å². The summed E-state index contributed by atoms with van der Waals surface area (Å²) in [6.07, 6.45) is -2.44. The van der Waals surface area contributed by atoms with Crippen LogP contribution in [0, 0.1) is 0 Å². The minimum Gasteiger partial charge on any atom is -0.394 e. The van der Waals surface area contributed by atoms with Crippen LogP contribution in [-0.4, -0.2) is 42.4 Å². The highest BCUT2D eigenvalue weighted by Gasteiger charge is 2.46. The molecule has 0 amide bonds. The highest BCUT2D eigenvalue weighted by Crippen LogP contribution is 2.28. The van der Waals surface area contributed by atoms with Gasteiger partial charge < -0.3 is 29.8 Å². The van der Waals surface area contributed by atoms with Gasteiger partial charge in [0.05, 0.1) is 32.5 Å². The van der Waals surface area contributed by atoms with Gasteiger partial charge in [-0.1, -0.05) is 91.0 Å². The molecule has 0 radical (unpaired) electrons. The Hall–Kier alpha value is -2.58. The SMILES string of the molecule is N[C@H]1C(OCc2ccccc2)O[C@H](CO)[C@@H](OCc2ccccc2)[C@@H]1OCc1ccccc1. The van der Waals surface area contributed by atoms with Crippen molar-refractivity contribution >= 4 is 0 Å². The fourth-order valence-electron chi connectivity index (χ4n) is 3.92. The van der Waals surface area contributed by atoms with E-state index in [0.717, 1.165) is 16.7 Å². The van der Waals surface area contributed by atoms with Crippen molar-refractivity contribution in [2.45, 2.75) is 50.5 Å². The Balaban J connectivity index is 1.48. The van der Waals surface area contributed by atoms with Crippen LogP contribution in [0.1, 0.15) is 16.7 Å². The molecule has 5 atom stereocenters. The van der Waals surface area contributed by atoms with Gasteiger partial charge in [-0.3, -0.25) is 0 Å². The highest BCUT2D eigenvalue weighted by molar-refractivity contribution is 5.15. The summed E-state index contributed by atoms with van der Waals surface area (Å²) >= 11 is 0. The van der Waals surface area contributed by atoms with E-state index in [-0.39, 0.29) is 6.61 Å². The number of aliphatic hydroxyl groups is 1. The summed E-state index contributed by atoms with van der Waals surface area (Å²) in [5, 5.41) is 10.1. The smallest absolute Gasteiger partial charge is 0.176 e. The van der Waals surface area contributed by atoms with Crippen molar-refractivity contribution in [1.82, 2.24) is 0 Å². The number of benzene rings is 3. The maximum atomic E-state index is 10.1. The van der Waals surface area contributed by atoms with Gasteiger partial charge in [-0.2, -0.15) is 0 Å². The molecule has 3 aromatic rings. The lowest BCUT2D eigenvalue weighted by atomic mass is 9.96. The fraction of sp³-hybridized carbons (Fsp3) is 0.333. The predicted molar refractivity (Wildman–Crippen MR) is 125 cm³/mol. The first-order valence-electron chi connectivity index (χ1n) is 11.2. The van der Waals surface area contributed by atoms with Gasteiger partial charge in [-0.25, -0.2) is 0 Å². The van der Waals surface area contributed by atoms with E-state index in [4.69, 9.17) is 24.7 Å². The lowest BCUT2D eigenvalue weighted by Crippen LogP contribution is -2.64. The van der Waals surface area contributed by atoms with Crippen LogP contribution < -0.4 is 5.73 Å². The molecule has 174 valence electrons. The van der Waals surface area contributed by atoms with Crippen molar-refractivity contribution < 1.29 is 24.1 Å². The highest BCUT2D eigenvalue weighted by atomic mass is 16.7. The largest absolute Gasteiger partial charge is 0.394 e. The average molecular weight is 450 g/mol. The van der Waals surface area contributed by atoms with Crippen LogP contribution in [0.4, 0.5) is 0 Å². The van der Waals surface area contributed by atoms with Crippen LogP contribution in [0.15, 0.2) is 91.0 Å². The monoisotopic (exact) mass is 449 g/mol. The first-order chi connectivity index (χ1) is 16.2. The second-order valence-corrected chi connectivity index (χ2v) is 8.12. The molecule has 1 fully saturated rings. The van der Waals surface area contributed by atoms with Gasteiger partial charge in [0.2, 0.25) is 0 Å². The molecule has 1 saturated heterocycles. The zero-order valence-corrected chi connectivity index (χ0v) is 18.5. The van der Waals surface area contributed by atoms with Crippen molar-refractivity contribution in [2.24, 2.45) is 5.73 Å². The van der Waals surface area contributed by atoms with E-state index in [0.29, 0.717) is 19.8 Å². The summed E-state index contributed by atoms with van der Waals surface area (Å²) in [6, 6.07) is 29.0. The van der Waals surface area contributed by atoms with Gasteiger partial charge in [-0.05, 0) is 16.7 Å². The van der Waals surface area contributed by atoms with Gasteiger partial charge in [0.25, 0.3) is 0 Å². The average Bonchev–Trinajstić information content (AvgIpc) is 2.88. The minimum atomic E-state index is -0.736. The second-order valence-electron chi connectivity index (χ2n) is 8.12. The van der Waals surface area contributed by atoms with Crippen LogP contribution in [0.3, 0.4) is 0 Å². The third-order valence-electron chi connectivity index (χ3n) is 5.70. The van der Waals surface area contributed by atoms with Crippen molar-refractivity contribution in [3.8, 4) is 0 Å². The molecular formula is C27H31NO5. The number of nitrogens with two attached hydrogens (primary N) is 1. The normalized spacial score (nSPS) is 25.1. The number of aliphatic hydroxyl groups excluding tert-OH is 1. The Morgan fingerprint density at radius 2 is 1.06 bits per heavy atom. The van der Waals surface area contributed by atoms with Crippen LogP contribution in [-0.2, 0) is 38.8 Å². The maximum Gasteiger partial charge on any atom is 0.176 e. The Kier molecular flexibility index (Phi) is 8.60. The molecule has 3 aromatic carbocycles. The van der Waals surface area contributed by atoms with E-state index in [9.17, 15) is 5.11 Å². The summed E-state index contributed by atoms with van der Waals surface area (Å²) in [5.74, 6) is 0. The van der Waals surface area contributed by atoms with Gasteiger partial charge in [0.1, 0.15) is 18.3 Å². The molecule has 6 heteroatoms. The summed E-state index contributed by atoms with van der Waals surface area (Å²) in [6.45, 7) is 0.841. The zero-order valence-electron chi connectivity index (χ0n) is 18.5. The lowest BCUT2D eigenvalue weighted by Gasteiger charge is -2.44. The van der Waals surface area contributed by atoms with Crippen molar-refractivity contribution in [2.75, 3.05) is 6.61 Å². The molecule has 1 aliphatic rings. The van der Waals surface area contributed by atoms with Crippen LogP contribution >= 0.6 is 0 Å². The molecule has 1 unspecified atom stereocenters. The van der Waals surface area contributed by atoms with Crippen LogP contribution in [0.2, 0.25) is 0 Å². The van der Waals surface area contributed by atoms with E-state index in [1.165, 1.54) is 0 Å². The molecule has 1 heterocycles. The molecular weight excluding hydrogens is 418 g/mol. The molecule has 0 spiro atoms. The molecule has 0 saturated carbocycles. The van der Waals surface area contributed by atoms with E-state index >= 15 is 0 Å². The van der Waals surface area contributed by atoms with Gasteiger partial charge in [0, 0.05) is 0 Å². The summed E-state index contributed by atoms with van der Waals surface area (Å²) < 4.78 is 24.5. The summed E-state index contributed by atoms with van der Waals surface area (Å²) in [4.78, 5) is 0. The Morgan fingerprint density at radius 3 is 1.52 bits per heavy atom. The maximum absolute atomic E-state index is 10.1. The van der Waals surface area contributed by atoms with E-state index in [2.05, 4.69) is 0 Å². The van der Waals surface area contributed by atoms with E-state index in [1.54, 1.807) is 0 Å². The van der Waals surface area contributed by atoms with E-state index in [1.807, 2.05) is 91.0 Å². The molecule has 0 aromatic heterocycles. The Bertz CT molecular complexity index is 941. The number of hydrogen-bond acceptors (Lipinski definition) is 6. The standard InChI is InChI=1S/C27H31NO5/c28-24-26(31-18-21-12-6-2-7-13-21)25(30-17-20-10-4-1-5-11-20)23(16-29)33-27(24)32-19-22-14-8-3-9-15-22/h1-15,23-27,29H,16-19,28H2/t23-,24-,25-,26-,27?/m1/s1. The van der Waals surface area contributed by atoms with Crippen LogP contribution in [0.5, 0.6) is 0 Å². The Morgan fingerprint density at radius 1 is 0.636 bits per heavy atom.